The molecule has 4 heteroatoms. The second kappa shape index (κ2) is 6.01. The number of pyridine rings is 1. The fraction of sp³-hybridized carbons (Fsp3) is 0.312. The summed E-state index contributed by atoms with van der Waals surface area (Å²) in [6, 6.07) is 10.9. The maximum atomic E-state index is 12.9. The normalized spacial score (nSPS) is 13.8. The summed E-state index contributed by atoms with van der Waals surface area (Å²) in [5, 5.41) is 0. The Balaban J connectivity index is 2.02. The highest BCUT2D eigenvalue weighted by molar-refractivity contribution is 5.27. The molecule has 0 fully saturated rings. The zero-order valence-corrected chi connectivity index (χ0v) is 11.8. The lowest BCUT2D eigenvalue weighted by atomic mass is 9.90. The number of nitrogens with zero attached hydrogens (tertiary/aromatic N) is 1. The number of ether oxygens (including phenoxy) is 1. The highest BCUT2D eigenvalue weighted by Crippen LogP contribution is 2.22. The molecule has 0 saturated heterocycles. The number of aryl methyl sites for hydroxylation is 1. The zero-order valence-electron chi connectivity index (χ0n) is 11.8. The predicted molar refractivity (Wildman–Crippen MR) is 77.0 cm³/mol. The van der Waals surface area contributed by atoms with Crippen molar-refractivity contribution in [3.05, 3.63) is 59.7 Å². The highest BCUT2D eigenvalue weighted by atomic mass is 19.1. The number of aromatic nitrogens is 1. The summed E-state index contributed by atoms with van der Waals surface area (Å²) in [4.78, 5) is 4.07. The number of hydrogen-bond acceptors (Lipinski definition) is 3. The molecule has 1 aromatic heterocycles. The Morgan fingerprint density at radius 3 is 2.45 bits per heavy atom. The van der Waals surface area contributed by atoms with Gasteiger partial charge in [-0.25, -0.2) is 4.39 Å². The third-order valence-corrected chi connectivity index (χ3v) is 3.40. The fourth-order valence-corrected chi connectivity index (χ4v) is 2.04. The van der Waals surface area contributed by atoms with E-state index in [1.165, 1.54) is 17.8 Å². The van der Waals surface area contributed by atoms with Crippen molar-refractivity contribution in [2.24, 2.45) is 5.73 Å². The molecular weight excluding hydrogens is 255 g/mol. The molecule has 1 unspecified atom stereocenters. The average molecular weight is 274 g/mol. The highest BCUT2D eigenvalue weighted by Gasteiger charge is 2.22. The lowest BCUT2D eigenvalue weighted by Crippen LogP contribution is -2.34. The summed E-state index contributed by atoms with van der Waals surface area (Å²) >= 11 is 0. The summed E-state index contributed by atoms with van der Waals surface area (Å²) in [6.07, 6.45) is 2.77. The van der Waals surface area contributed by atoms with Gasteiger partial charge in [0.15, 0.2) is 0 Å². The minimum atomic E-state index is -0.576. The lowest BCUT2D eigenvalue weighted by Gasteiger charge is -2.24. The second-order valence-electron chi connectivity index (χ2n) is 5.13. The van der Waals surface area contributed by atoms with Crippen LogP contribution in [-0.2, 0) is 12.0 Å². The molecule has 0 bridgehead atoms. The van der Waals surface area contributed by atoms with Crippen LogP contribution in [0, 0.1) is 5.82 Å². The Labute approximate surface area is 118 Å². The van der Waals surface area contributed by atoms with Crippen molar-refractivity contribution in [3.63, 3.8) is 0 Å². The Morgan fingerprint density at radius 1 is 1.20 bits per heavy atom. The first-order valence-electron chi connectivity index (χ1n) is 6.55. The first-order chi connectivity index (χ1) is 9.51. The van der Waals surface area contributed by atoms with Crippen LogP contribution in [0.25, 0.3) is 0 Å². The molecule has 0 aliphatic heterocycles. The lowest BCUT2D eigenvalue weighted by molar-refractivity contribution is 0.414. The number of rotatable bonds is 5. The molecule has 2 rings (SSSR count). The van der Waals surface area contributed by atoms with Gasteiger partial charge in [-0.15, -0.1) is 0 Å². The van der Waals surface area contributed by atoms with E-state index in [9.17, 15) is 4.39 Å². The van der Waals surface area contributed by atoms with Gasteiger partial charge in [0, 0.05) is 0 Å². The van der Waals surface area contributed by atoms with E-state index in [1.54, 1.807) is 13.2 Å². The first kappa shape index (κ1) is 14.5. The second-order valence-corrected chi connectivity index (χ2v) is 5.13. The minimum absolute atomic E-state index is 0.347. The number of nitrogens with two attached hydrogens (primary N) is 1. The monoisotopic (exact) mass is 274 g/mol. The van der Waals surface area contributed by atoms with E-state index in [2.05, 4.69) is 4.98 Å². The first-order valence-corrected chi connectivity index (χ1v) is 6.55. The standard InChI is InChI=1S/C16H19FN2O/c1-16(18,15-8-5-13(17)11-19-15)10-9-12-3-6-14(20-2)7-4-12/h3-8,11H,9-10,18H2,1-2H3. The maximum Gasteiger partial charge on any atom is 0.141 e. The van der Waals surface area contributed by atoms with Crippen molar-refractivity contribution >= 4 is 0 Å². The van der Waals surface area contributed by atoms with Crippen LogP contribution in [0.4, 0.5) is 4.39 Å². The van der Waals surface area contributed by atoms with Crippen molar-refractivity contribution < 1.29 is 9.13 Å². The molecule has 0 spiro atoms. The van der Waals surface area contributed by atoms with Gasteiger partial charge in [-0.3, -0.25) is 4.98 Å². The van der Waals surface area contributed by atoms with E-state index in [1.807, 2.05) is 31.2 Å². The Morgan fingerprint density at radius 2 is 1.90 bits per heavy atom. The van der Waals surface area contributed by atoms with Crippen LogP contribution in [0.15, 0.2) is 42.6 Å². The molecule has 0 amide bonds. The molecule has 0 radical (unpaired) electrons. The van der Waals surface area contributed by atoms with Crippen molar-refractivity contribution in [1.29, 1.82) is 0 Å². The summed E-state index contributed by atoms with van der Waals surface area (Å²) in [6.45, 7) is 1.91. The van der Waals surface area contributed by atoms with E-state index < -0.39 is 5.54 Å². The SMILES string of the molecule is COc1ccc(CCC(C)(N)c2ccc(F)cn2)cc1. The maximum absolute atomic E-state index is 12.9. The molecule has 0 aliphatic rings. The summed E-state index contributed by atoms with van der Waals surface area (Å²) in [7, 11) is 1.65. The van der Waals surface area contributed by atoms with E-state index in [4.69, 9.17) is 10.5 Å². The summed E-state index contributed by atoms with van der Waals surface area (Å²) in [5.74, 6) is 0.490. The van der Waals surface area contributed by atoms with Crippen molar-refractivity contribution in [1.82, 2.24) is 4.98 Å². The summed E-state index contributed by atoms with van der Waals surface area (Å²) < 4.78 is 18.0. The fourth-order valence-electron chi connectivity index (χ4n) is 2.04. The van der Waals surface area contributed by atoms with Crippen LogP contribution in [-0.4, -0.2) is 12.1 Å². The van der Waals surface area contributed by atoms with Gasteiger partial charge in [-0.1, -0.05) is 12.1 Å². The van der Waals surface area contributed by atoms with Gasteiger partial charge < -0.3 is 10.5 Å². The van der Waals surface area contributed by atoms with Crippen molar-refractivity contribution in [2.45, 2.75) is 25.3 Å². The quantitative estimate of drug-likeness (QED) is 0.911. The van der Waals surface area contributed by atoms with Gasteiger partial charge in [0.2, 0.25) is 0 Å². The molecule has 0 aliphatic carbocycles. The molecule has 1 atom stereocenters. The van der Waals surface area contributed by atoms with Gasteiger partial charge in [0.05, 0.1) is 24.5 Å². The van der Waals surface area contributed by atoms with Crippen LogP contribution < -0.4 is 10.5 Å². The van der Waals surface area contributed by atoms with Gasteiger partial charge in [-0.05, 0) is 49.6 Å². The van der Waals surface area contributed by atoms with Gasteiger partial charge >= 0.3 is 0 Å². The average Bonchev–Trinajstić information content (AvgIpc) is 2.46. The number of halogens is 1. The smallest absolute Gasteiger partial charge is 0.141 e. The Hall–Kier alpha value is -1.94. The minimum Gasteiger partial charge on any atom is -0.497 e. The molecule has 3 nitrogen and oxygen atoms in total. The van der Waals surface area contributed by atoms with Gasteiger partial charge in [0.25, 0.3) is 0 Å². The molecular formula is C16H19FN2O. The van der Waals surface area contributed by atoms with Gasteiger partial charge in [0.1, 0.15) is 11.6 Å². The van der Waals surface area contributed by atoms with Crippen molar-refractivity contribution in [2.75, 3.05) is 7.11 Å². The molecule has 1 aromatic carbocycles. The van der Waals surface area contributed by atoms with E-state index in [0.29, 0.717) is 5.69 Å². The van der Waals surface area contributed by atoms with Crippen LogP contribution >= 0.6 is 0 Å². The van der Waals surface area contributed by atoms with E-state index >= 15 is 0 Å². The molecule has 106 valence electrons. The van der Waals surface area contributed by atoms with Crippen LogP contribution in [0.3, 0.4) is 0 Å². The van der Waals surface area contributed by atoms with Crippen LogP contribution in [0.2, 0.25) is 0 Å². The molecule has 2 aromatic rings. The van der Waals surface area contributed by atoms with Gasteiger partial charge in [-0.2, -0.15) is 0 Å². The van der Waals surface area contributed by atoms with Crippen LogP contribution in [0.5, 0.6) is 5.75 Å². The Bertz CT molecular complexity index is 550. The third kappa shape index (κ3) is 3.54. The predicted octanol–water partition coefficient (Wildman–Crippen LogP) is 3.04. The molecule has 2 N–H and O–H groups in total. The zero-order chi connectivity index (χ0) is 14.6. The van der Waals surface area contributed by atoms with E-state index in [-0.39, 0.29) is 5.82 Å². The van der Waals surface area contributed by atoms with E-state index in [0.717, 1.165) is 18.6 Å². The number of hydrogen-bond donors (Lipinski definition) is 1. The van der Waals surface area contributed by atoms with Crippen molar-refractivity contribution in [3.8, 4) is 5.75 Å². The molecule has 1 heterocycles. The number of methoxy groups -OCH3 is 1. The largest absolute Gasteiger partial charge is 0.497 e. The topological polar surface area (TPSA) is 48.1 Å². The molecule has 20 heavy (non-hydrogen) atoms. The Kier molecular flexibility index (Phi) is 4.35. The third-order valence-electron chi connectivity index (χ3n) is 3.40. The molecule has 0 saturated carbocycles. The van der Waals surface area contributed by atoms with Crippen LogP contribution in [0.1, 0.15) is 24.6 Å². The number of benzene rings is 1. The summed E-state index contributed by atoms with van der Waals surface area (Å²) in [5.41, 5.74) is 7.59.